The zero-order valence-electron chi connectivity index (χ0n) is 11.8. The number of halogens is 2. The van der Waals surface area contributed by atoms with E-state index < -0.39 is 0 Å². The van der Waals surface area contributed by atoms with Crippen molar-refractivity contribution < 1.29 is 13.9 Å². The summed E-state index contributed by atoms with van der Waals surface area (Å²) in [6.07, 6.45) is 5.34. The fraction of sp³-hybridized carbons (Fsp3) is 0.529. The van der Waals surface area contributed by atoms with E-state index in [1.807, 2.05) is 0 Å². The molecule has 1 aliphatic carbocycles. The van der Waals surface area contributed by atoms with E-state index in [0.29, 0.717) is 11.3 Å². The molecule has 0 N–H and O–H groups in total. The van der Waals surface area contributed by atoms with Gasteiger partial charge in [0.05, 0.1) is 23.7 Å². The number of hydrogen-bond donors (Lipinski definition) is 0. The summed E-state index contributed by atoms with van der Waals surface area (Å²) in [6.45, 7) is 0.729. The van der Waals surface area contributed by atoms with Gasteiger partial charge in [-0.15, -0.1) is 11.6 Å². The Hall–Kier alpha value is -1.24. The molecule has 0 bridgehead atoms. The first-order valence-corrected chi connectivity index (χ1v) is 7.89. The van der Waals surface area contributed by atoms with Gasteiger partial charge in [-0.2, -0.15) is 0 Å². The zero-order chi connectivity index (χ0) is 14.7. The zero-order valence-corrected chi connectivity index (χ0v) is 12.6. The van der Waals surface area contributed by atoms with Crippen molar-refractivity contribution in [1.29, 1.82) is 0 Å². The van der Waals surface area contributed by atoms with Crippen LogP contribution in [0, 0.1) is 17.7 Å². The van der Waals surface area contributed by atoms with Gasteiger partial charge in [-0.05, 0) is 31.4 Å². The van der Waals surface area contributed by atoms with E-state index in [-0.39, 0.29) is 23.4 Å². The Morgan fingerprint density at radius 2 is 2.29 bits per heavy atom. The Bertz CT molecular complexity index is 572. The van der Waals surface area contributed by atoms with E-state index in [0.717, 1.165) is 32.3 Å². The minimum absolute atomic E-state index is 0.0349. The van der Waals surface area contributed by atoms with Crippen molar-refractivity contribution in [3.05, 3.63) is 29.6 Å². The molecule has 1 aliphatic heterocycles. The van der Waals surface area contributed by atoms with Crippen LogP contribution in [0.15, 0.2) is 18.2 Å². The summed E-state index contributed by atoms with van der Waals surface area (Å²) in [5.41, 5.74) is 0.387. The Morgan fingerprint density at radius 1 is 1.43 bits per heavy atom. The summed E-state index contributed by atoms with van der Waals surface area (Å²) >= 11 is 5.48. The Morgan fingerprint density at radius 3 is 2.95 bits per heavy atom. The van der Waals surface area contributed by atoms with E-state index in [1.54, 1.807) is 12.1 Å². The van der Waals surface area contributed by atoms with Crippen LogP contribution >= 0.6 is 11.6 Å². The molecule has 1 saturated carbocycles. The topological polar surface area (TPSA) is 18.5 Å². The number of rotatable bonds is 2. The molecule has 1 unspecified atom stereocenters. The summed E-state index contributed by atoms with van der Waals surface area (Å²) in [5, 5.41) is 0. The van der Waals surface area contributed by atoms with E-state index in [4.69, 9.17) is 21.1 Å². The first-order valence-electron chi connectivity index (χ1n) is 7.36. The highest BCUT2D eigenvalue weighted by molar-refractivity contribution is 6.19. The largest absolute Gasteiger partial charge is 0.490 e. The molecule has 2 nitrogen and oxygen atoms in total. The van der Waals surface area contributed by atoms with Gasteiger partial charge in [0.15, 0.2) is 0 Å². The van der Waals surface area contributed by atoms with Gasteiger partial charge in [0.25, 0.3) is 0 Å². The summed E-state index contributed by atoms with van der Waals surface area (Å²) in [6, 6.07) is 4.81. The quantitative estimate of drug-likeness (QED) is 0.609. The average Bonchev–Trinajstić information content (AvgIpc) is 2.45. The second kappa shape index (κ2) is 6.25. The molecule has 1 heterocycles. The number of benzene rings is 1. The number of hydrogen-bond acceptors (Lipinski definition) is 2. The predicted octanol–water partition coefficient (Wildman–Crippen LogP) is 3.90. The highest BCUT2D eigenvalue weighted by Crippen LogP contribution is 2.43. The van der Waals surface area contributed by atoms with Gasteiger partial charge in [0.1, 0.15) is 17.7 Å². The second-order valence-corrected chi connectivity index (χ2v) is 5.96. The SMILES string of the molecule is Fc1cc(OC2CCOC3(CCC3)C2)ccc1C#CCCl. The van der Waals surface area contributed by atoms with Crippen molar-refractivity contribution in [2.24, 2.45) is 0 Å². The van der Waals surface area contributed by atoms with Gasteiger partial charge in [0.2, 0.25) is 0 Å². The van der Waals surface area contributed by atoms with Gasteiger partial charge < -0.3 is 9.47 Å². The highest BCUT2D eigenvalue weighted by atomic mass is 35.5. The minimum atomic E-state index is -0.365. The maximum Gasteiger partial charge on any atom is 0.142 e. The van der Waals surface area contributed by atoms with Crippen LogP contribution in [0.4, 0.5) is 4.39 Å². The summed E-state index contributed by atoms with van der Waals surface area (Å²) < 4.78 is 25.7. The molecule has 0 aromatic heterocycles. The molecule has 1 aromatic rings. The standard InChI is InChI=1S/C17H18ClFO2/c18-9-1-3-13-4-5-14(11-16(13)19)21-15-6-10-20-17(12-15)7-2-8-17/h4-5,11,15H,2,6-10,12H2. The lowest BCUT2D eigenvalue weighted by Crippen LogP contribution is -2.48. The minimum Gasteiger partial charge on any atom is -0.490 e. The maximum absolute atomic E-state index is 13.9. The van der Waals surface area contributed by atoms with Crippen molar-refractivity contribution in [2.75, 3.05) is 12.5 Å². The van der Waals surface area contributed by atoms with Crippen LogP contribution in [0.2, 0.25) is 0 Å². The van der Waals surface area contributed by atoms with E-state index in [1.165, 1.54) is 12.5 Å². The van der Waals surface area contributed by atoms with Gasteiger partial charge in [-0.3, -0.25) is 0 Å². The maximum atomic E-state index is 13.9. The second-order valence-electron chi connectivity index (χ2n) is 5.69. The number of ether oxygens (including phenoxy) is 2. The van der Waals surface area contributed by atoms with Crippen molar-refractivity contribution in [3.63, 3.8) is 0 Å². The van der Waals surface area contributed by atoms with E-state index in [9.17, 15) is 4.39 Å². The molecule has 3 rings (SSSR count). The average molecular weight is 309 g/mol. The molecule has 4 heteroatoms. The van der Waals surface area contributed by atoms with Gasteiger partial charge >= 0.3 is 0 Å². The third-order valence-electron chi connectivity index (χ3n) is 4.25. The number of alkyl halides is 1. The van der Waals surface area contributed by atoms with Crippen LogP contribution in [-0.4, -0.2) is 24.2 Å². The molecule has 1 aromatic carbocycles. The summed E-state index contributed by atoms with van der Waals surface area (Å²) in [5.74, 6) is 5.73. The molecular formula is C17H18ClFO2. The van der Waals surface area contributed by atoms with Crippen molar-refractivity contribution in [3.8, 4) is 17.6 Å². The van der Waals surface area contributed by atoms with Crippen LogP contribution in [0.3, 0.4) is 0 Å². The van der Waals surface area contributed by atoms with Crippen molar-refractivity contribution in [1.82, 2.24) is 0 Å². The lowest BCUT2D eigenvalue weighted by molar-refractivity contribution is -0.153. The lowest BCUT2D eigenvalue weighted by Gasteiger charge is -2.46. The molecule has 112 valence electrons. The first kappa shape index (κ1) is 14.7. The van der Waals surface area contributed by atoms with Crippen LogP contribution in [0.25, 0.3) is 0 Å². The molecule has 1 atom stereocenters. The van der Waals surface area contributed by atoms with Crippen LogP contribution in [0.5, 0.6) is 5.75 Å². The highest BCUT2D eigenvalue weighted by Gasteiger charge is 2.43. The third-order valence-corrected chi connectivity index (χ3v) is 4.38. The summed E-state index contributed by atoms with van der Waals surface area (Å²) in [4.78, 5) is 0. The lowest BCUT2D eigenvalue weighted by atomic mass is 9.74. The fourth-order valence-corrected chi connectivity index (χ4v) is 3.06. The monoisotopic (exact) mass is 308 g/mol. The smallest absolute Gasteiger partial charge is 0.142 e. The molecule has 2 aliphatic rings. The van der Waals surface area contributed by atoms with Crippen LogP contribution < -0.4 is 4.74 Å². The Balaban J connectivity index is 1.66. The molecule has 21 heavy (non-hydrogen) atoms. The molecule has 2 fully saturated rings. The molecule has 0 radical (unpaired) electrons. The molecule has 0 amide bonds. The molecular weight excluding hydrogens is 291 g/mol. The Kier molecular flexibility index (Phi) is 4.37. The van der Waals surface area contributed by atoms with Gasteiger partial charge in [0, 0.05) is 18.9 Å². The molecule has 1 spiro atoms. The van der Waals surface area contributed by atoms with E-state index in [2.05, 4.69) is 11.8 Å². The van der Waals surface area contributed by atoms with Crippen molar-refractivity contribution in [2.45, 2.75) is 43.8 Å². The van der Waals surface area contributed by atoms with Gasteiger partial charge in [-0.1, -0.05) is 11.8 Å². The fourth-order valence-electron chi connectivity index (χ4n) is 2.99. The van der Waals surface area contributed by atoms with Crippen molar-refractivity contribution >= 4 is 11.6 Å². The first-order chi connectivity index (χ1) is 10.2. The van der Waals surface area contributed by atoms with Gasteiger partial charge in [-0.25, -0.2) is 4.39 Å². The predicted molar refractivity (Wildman–Crippen MR) is 80.2 cm³/mol. The normalized spacial score (nSPS) is 23.0. The van der Waals surface area contributed by atoms with Crippen LogP contribution in [0.1, 0.15) is 37.7 Å². The van der Waals surface area contributed by atoms with E-state index >= 15 is 0 Å². The molecule has 1 saturated heterocycles. The third kappa shape index (κ3) is 3.33. The Labute approximate surface area is 129 Å². The van der Waals surface area contributed by atoms with Crippen LogP contribution in [-0.2, 0) is 4.74 Å². The summed E-state index contributed by atoms with van der Waals surface area (Å²) in [7, 11) is 0.